The van der Waals surface area contributed by atoms with E-state index in [4.69, 9.17) is 4.74 Å². The summed E-state index contributed by atoms with van der Waals surface area (Å²) in [5.41, 5.74) is 0. The molecule has 0 radical (unpaired) electrons. The second-order valence-corrected chi connectivity index (χ2v) is 4.09. The second-order valence-electron chi connectivity index (χ2n) is 3.24. The van der Waals surface area contributed by atoms with Crippen LogP contribution < -0.4 is 10.6 Å². The summed E-state index contributed by atoms with van der Waals surface area (Å²) < 4.78 is 5.61. The third-order valence-electron chi connectivity index (χ3n) is 1.94. The molecule has 0 saturated carbocycles. The quantitative estimate of drug-likeness (QED) is 0.729. The number of carbonyl (C=O) groups excluding carboxylic acids is 1. The lowest BCUT2D eigenvalue weighted by Gasteiger charge is -2.07. The third-order valence-corrected chi connectivity index (χ3v) is 2.52. The lowest BCUT2D eigenvalue weighted by atomic mass is 10.4. The molecule has 0 aromatic carbocycles. The Morgan fingerprint density at radius 1 is 1.53 bits per heavy atom. The normalized spacial score (nSPS) is 10.0. The number of halogens is 1. The van der Waals surface area contributed by atoms with Gasteiger partial charge in [-0.25, -0.2) is 9.97 Å². The number of hydrogen-bond donors (Lipinski definition) is 2. The zero-order chi connectivity index (χ0) is 12.5. The molecule has 1 aromatic heterocycles. The zero-order valence-corrected chi connectivity index (χ0v) is 11.2. The number of nitrogens with zero attached hydrogens (tertiary/aromatic N) is 2. The number of ether oxygens (including phenoxy) is 1. The highest BCUT2D eigenvalue weighted by atomic mass is 79.9. The Bertz CT molecular complexity index is 362. The van der Waals surface area contributed by atoms with Crippen LogP contribution in [0.3, 0.4) is 0 Å². The summed E-state index contributed by atoms with van der Waals surface area (Å²) in [4.78, 5) is 19.2. The summed E-state index contributed by atoms with van der Waals surface area (Å²) in [7, 11) is 1.60. The van der Waals surface area contributed by atoms with Crippen LogP contribution in [-0.2, 0) is 9.53 Å². The first-order valence-corrected chi connectivity index (χ1v) is 5.98. The Morgan fingerprint density at radius 2 is 2.35 bits per heavy atom. The van der Waals surface area contributed by atoms with Crippen LogP contribution in [0.4, 0.5) is 5.82 Å². The summed E-state index contributed by atoms with van der Waals surface area (Å²) >= 11 is 3.31. The highest BCUT2D eigenvalue weighted by Gasteiger charge is 2.02. The maximum Gasteiger partial charge on any atom is 0.221 e. The fraction of sp³-hybridized carbons (Fsp3) is 0.500. The molecule has 0 bridgehead atoms. The van der Waals surface area contributed by atoms with Crippen molar-refractivity contribution in [3.05, 3.63) is 17.0 Å². The summed E-state index contributed by atoms with van der Waals surface area (Å²) in [6.45, 7) is 1.58. The smallest absolute Gasteiger partial charge is 0.221 e. The predicted molar refractivity (Wildman–Crippen MR) is 67.7 cm³/mol. The van der Waals surface area contributed by atoms with Gasteiger partial charge in [0.15, 0.2) is 0 Å². The monoisotopic (exact) mass is 302 g/mol. The van der Waals surface area contributed by atoms with E-state index in [-0.39, 0.29) is 5.91 Å². The molecular weight excluding hydrogens is 288 g/mol. The second kappa shape index (κ2) is 7.97. The van der Waals surface area contributed by atoms with Gasteiger partial charge in [0.1, 0.15) is 12.1 Å². The van der Waals surface area contributed by atoms with E-state index >= 15 is 0 Å². The molecule has 7 heteroatoms. The van der Waals surface area contributed by atoms with Crippen molar-refractivity contribution in [3.8, 4) is 0 Å². The van der Waals surface area contributed by atoms with Gasteiger partial charge in [-0.1, -0.05) is 0 Å². The minimum atomic E-state index is -0.0141. The van der Waals surface area contributed by atoms with Gasteiger partial charge in [-0.15, -0.1) is 0 Å². The molecule has 0 aliphatic carbocycles. The van der Waals surface area contributed by atoms with Crippen molar-refractivity contribution < 1.29 is 9.53 Å². The third kappa shape index (κ3) is 5.60. The van der Waals surface area contributed by atoms with Gasteiger partial charge in [0.2, 0.25) is 5.91 Å². The van der Waals surface area contributed by atoms with E-state index in [1.807, 2.05) is 0 Å². The van der Waals surface area contributed by atoms with Gasteiger partial charge in [0, 0.05) is 32.8 Å². The van der Waals surface area contributed by atoms with Crippen LogP contribution in [0.5, 0.6) is 0 Å². The molecule has 0 unspecified atom stereocenters. The molecule has 94 valence electrons. The first-order chi connectivity index (χ1) is 8.24. The van der Waals surface area contributed by atoms with Gasteiger partial charge in [0.25, 0.3) is 0 Å². The number of aromatic nitrogens is 2. The Morgan fingerprint density at radius 3 is 3.06 bits per heavy atom. The zero-order valence-electron chi connectivity index (χ0n) is 9.57. The van der Waals surface area contributed by atoms with Crippen molar-refractivity contribution in [2.45, 2.75) is 6.42 Å². The molecule has 1 rings (SSSR count). The minimum Gasteiger partial charge on any atom is -0.383 e. The number of carbonyl (C=O) groups is 1. The largest absolute Gasteiger partial charge is 0.383 e. The van der Waals surface area contributed by atoms with Crippen LogP contribution in [-0.4, -0.2) is 42.7 Å². The number of nitrogens with one attached hydrogen (secondary N) is 2. The minimum absolute atomic E-state index is 0.0141. The van der Waals surface area contributed by atoms with Crippen LogP contribution >= 0.6 is 15.9 Å². The molecule has 1 aromatic rings. The Balaban J connectivity index is 2.19. The van der Waals surface area contributed by atoms with Gasteiger partial charge in [-0.05, 0) is 15.9 Å². The summed E-state index contributed by atoms with van der Waals surface area (Å²) in [5, 5.41) is 5.78. The molecule has 0 atom stereocenters. The van der Waals surface area contributed by atoms with E-state index in [2.05, 4.69) is 36.5 Å². The van der Waals surface area contributed by atoms with Crippen molar-refractivity contribution in [1.82, 2.24) is 15.3 Å². The van der Waals surface area contributed by atoms with Crippen molar-refractivity contribution in [2.24, 2.45) is 0 Å². The molecule has 0 aliphatic heterocycles. The van der Waals surface area contributed by atoms with Gasteiger partial charge >= 0.3 is 0 Å². The highest BCUT2D eigenvalue weighted by molar-refractivity contribution is 9.10. The average Bonchev–Trinajstić information content (AvgIpc) is 2.32. The number of methoxy groups -OCH3 is 1. The molecular formula is C10H15BrN4O2. The van der Waals surface area contributed by atoms with E-state index in [0.717, 1.165) is 4.47 Å². The van der Waals surface area contributed by atoms with Gasteiger partial charge < -0.3 is 15.4 Å². The molecule has 0 fully saturated rings. The van der Waals surface area contributed by atoms with E-state index in [1.54, 1.807) is 13.3 Å². The Labute approximate surface area is 108 Å². The maximum atomic E-state index is 11.3. The molecule has 17 heavy (non-hydrogen) atoms. The molecule has 2 N–H and O–H groups in total. The number of rotatable bonds is 7. The van der Waals surface area contributed by atoms with Gasteiger partial charge in [0.05, 0.1) is 11.1 Å². The highest BCUT2D eigenvalue weighted by Crippen LogP contribution is 2.16. The summed E-state index contributed by atoms with van der Waals surface area (Å²) in [6, 6.07) is 0. The van der Waals surface area contributed by atoms with E-state index < -0.39 is 0 Å². The van der Waals surface area contributed by atoms with Crippen LogP contribution in [0.1, 0.15) is 6.42 Å². The molecule has 1 amide bonds. The van der Waals surface area contributed by atoms with Crippen LogP contribution in [0.2, 0.25) is 0 Å². The summed E-state index contributed by atoms with van der Waals surface area (Å²) in [5.74, 6) is 0.671. The van der Waals surface area contributed by atoms with Crippen LogP contribution in [0.15, 0.2) is 17.0 Å². The van der Waals surface area contributed by atoms with Gasteiger partial charge in [-0.2, -0.15) is 0 Å². The SMILES string of the molecule is COCCNC(=O)CCNc1ncncc1Br. The average molecular weight is 303 g/mol. The summed E-state index contributed by atoms with van der Waals surface area (Å²) in [6.07, 6.45) is 3.49. The van der Waals surface area contributed by atoms with Gasteiger partial charge in [-0.3, -0.25) is 4.79 Å². The predicted octanol–water partition coefficient (Wildman–Crippen LogP) is 0.804. The standard InChI is InChI=1S/C10H15BrN4O2/c1-17-5-4-13-9(16)2-3-14-10-8(11)6-12-7-15-10/h6-7H,2-5H2,1H3,(H,13,16)(H,12,14,15). The lowest BCUT2D eigenvalue weighted by molar-refractivity contribution is -0.121. The van der Waals surface area contributed by atoms with Crippen molar-refractivity contribution in [1.29, 1.82) is 0 Å². The molecule has 1 heterocycles. The molecule has 0 aliphatic rings. The number of hydrogen-bond acceptors (Lipinski definition) is 5. The van der Waals surface area contributed by atoms with Crippen LogP contribution in [0.25, 0.3) is 0 Å². The molecule has 0 spiro atoms. The van der Waals surface area contributed by atoms with Crippen molar-refractivity contribution in [3.63, 3.8) is 0 Å². The molecule has 6 nitrogen and oxygen atoms in total. The van der Waals surface area contributed by atoms with Crippen molar-refractivity contribution in [2.75, 3.05) is 32.1 Å². The molecule has 0 saturated heterocycles. The lowest BCUT2D eigenvalue weighted by Crippen LogP contribution is -2.28. The van der Waals surface area contributed by atoms with Crippen molar-refractivity contribution >= 4 is 27.7 Å². The Kier molecular flexibility index (Phi) is 6.49. The fourth-order valence-electron chi connectivity index (χ4n) is 1.12. The Hall–Kier alpha value is -1.21. The van der Waals surface area contributed by atoms with Crippen LogP contribution in [0, 0.1) is 0 Å². The van der Waals surface area contributed by atoms with E-state index in [1.165, 1.54) is 6.33 Å². The van der Waals surface area contributed by atoms with E-state index in [0.29, 0.717) is 31.9 Å². The number of anilines is 1. The fourth-order valence-corrected chi connectivity index (χ4v) is 1.48. The van der Waals surface area contributed by atoms with E-state index in [9.17, 15) is 4.79 Å². The maximum absolute atomic E-state index is 11.3. The first-order valence-electron chi connectivity index (χ1n) is 5.19. The number of amides is 1. The first kappa shape index (κ1) is 13.9. The topological polar surface area (TPSA) is 76.1 Å².